The van der Waals surface area contributed by atoms with Crippen LogP contribution in [-0.2, 0) is 0 Å². The molecule has 1 aliphatic rings. The van der Waals surface area contributed by atoms with Crippen LogP contribution in [0.15, 0.2) is 30.5 Å². The first-order chi connectivity index (χ1) is 14.0. The van der Waals surface area contributed by atoms with Gasteiger partial charge < -0.3 is 20.3 Å². The van der Waals surface area contributed by atoms with Crippen LogP contribution >= 0.6 is 0 Å². The molecule has 3 rings (SSSR count). The predicted octanol–water partition coefficient (Wildman–Crippen LogP) is 3.40. The maximum Gasteiger partial charge on any atom is 0.251 e. The van der Waals surface area contributed by atoms with E-state index in [9.17, 15) is 4.79 Å². The van der Waals surface area contributed by atoms with E-state index in [4.69, 9.17) is 4.74 Å². The lowest BCUT2D eigenvalue weighted by molar-refractivity contribution is 0.0926. The molecular formula is C22H31N5O2. The molecule has 0 aliphatic heterocycles. The van der Waals surface area contributed by atoms with Gasteiger partial charge in [-0.2, -0.15) is 4.98 Å². The monoisotopic (exact) mass is 397 g/mol. The molecule has 1 amide bonds. The molecule has 2 aromatic rings. The predicted molar refractivity (Wildman–Crippen MR) is 116 cm³/mol. The Hall–Kier alpha value is -2.83. The summed E-state index contributed by atoms with van der Waals surface area (Å²) in [6, 6.07) is 7.89. The van der Waals surface area contributed by atoms with Gasteiger partial charge in [0.15, 0.2) is 0 Å². The fourth-order valence-corrected chi connectivity index (χ4v) is 3.53. The van der Waals surface area contributed by atoms with Crippen molar-refractivity contribution in [3.05, 3.63) is 41.6 Å². The minimum Gasteiger partial charge on any atom is -0.494 e. The number of ether oxygens (including phenoxy) is 1. The van der Waals surface area contributed by atoms with Gasteiger partial charge in [-0.25, -0.2) is 4.98 Å². The van der Waals surface area contributed by atoms with Crippen molar-refractivity contribution in [3.8, 4) is 5.75 Å². The molecule has 7 nitrogen and oxygen atoms in total. The molecule has 0 saturated heterocycles. The van der Waals surface area contributed by atoms with Crippen LogP contribution in [0.1, 0.15) is 48.5 Å². The van der Waals surface area contributed by atoms with Crippen molar-refractivity contribution in [3.63, 3.8) is 0 Å². The first-order valence-electron chi connectivity index (χ1n) is 10.3. The summed E-state index contributed by atoms with van der Waals surface area (Å²) < 4.78 is 5.49. The normalized spacial score (nSPS) is 18.8. The third-order valence-electron chi connectivity index (χ3n) is 5.17. The fourth-order valence-electron chi connectivity index (χ4n) is 3.53. The number of carbonyl (C=O) groups is 1. The summed E-state index contributed by atoms with van der Waals surface area (Å²) >= 11 is 0. The van der Waals surface area contributed by atoms with Gasteiger partial charge in [0.05, 0.1) is 6.61 Å². The van der Waals surface area contributed by atoms with Crippen molar-refractivity contribution in [1.29, 1.82) is 0 Å². The van der Waals surface area contributed by atoms with Gasteiger partial charge in [-0.15, -0.1) is 0 Å². The summed E-state index contributed by atoms with van der Waals surface area (Å²) in [5.41, 5.74) is 1.68. The second-order valence-corrected chi connectivity index (χ2v) is 7.72. The Morgan fingerprint density at radius 2 is 1.93 bits per heavy atom. The Balaban J connectivity index is 1.52. The summed E-state index contributed by atoms with van der Waals surface area (Å²) in [7, 11) is 3.87. The van der Waals surface area contributed by atoms with Gasteiger partial charge in [0.2, 0.25) is 5.95 Å². The summed E-state index contributed by atoms with van der Waals surface area (Å²) in [4.78, 5) is 23.4. The Labute approximate surface area is 172 Å². The van der Waals surface area contributed by atoms with E-state index < -0.39 is 0 Å². The Morgan fingerprint density at radius 3 is 2.62 bits per heavy atom. The van der Waals surface area contributed by atoms with Gasteiger partial charge in [-0.1, -0.05) is 6.07 Å². The number of carbonyl (C=O) groups excluding carboxylic acids is 1. The zero-order valence-electron chi connectivity index (χ0n) is 17.7. The molecule has 0 radical (unpaired) electrons. The number of hydrogen-bond donors (Lipinski definition) is 2. The molecule has 0 spiro atoms. The first kappa shape index (κ1) is 20.9. The Kier molecular flexibility index (Phi) is 6.90. The molecule has 2 N–H and O–H groups in total. The number of nitrogens with one attached hydrogen (secondary N) is 2. The highest BCUT2D eigenvalue weighted by molar-refractivity contribution is 5.94. The number of aromatic nitrogens is 2. The van der Waals surface area contributed by atoms with Crippen molar-refractivity contribution in [2.24, 2.45) is 0 Å². The molecule has 0 unspecified atom stereocenters. The lowest BCUT2D eigenvalue weighted by atomic mass is 9.91. The van der Waals surface area contributed by atoms with Gasteiger partial charge in [0.1, 0.15) is 11.6 Å². The number of benzene rings is 1. The van der Waals surface area contributed by atoms with Crippen LogP contribution in [-0.4, -0.2) is 48.7 Å². The maximum atomic E-state index is 12.6. The Morgan fingerprint density at radius 1 is 1.21 bits per heavy atom. The summed E-state index contributed by atoms with van der Waals surface area (Å²) in [5.74, 6) is 2.29. The maximum absolute atomic E-state index is 12.6. The molecule has 1 aliphatic carbocycles. The largest absolute Gasteiger partial charge is 0.494 e. The molecule has 0 bridgehead atoms. The van der Waals surface area contributed by atoms with Crippen LogP contribution in [0.3, 0.4) is 0 Å². The van der Waals surface area contributed by atoms with Crippen LogP contribution in [0, 0.1) is 6.92 Å². The topological polar surface area (TPSA) is 79.4 Å². The van der Waals surface area contributed by atoms with E-state index in [-0.39, 0.29) is 11.9 Å². The minimum absolute atomic E-state index is 0.0368. The van der Waals surface area contributed by atoms with Crippen LogP contribution in [0.2, 0.25) is 0 Å². The van der Waals surface area contributed by atoms with Gasteiger partial charge in [-0.05, 0) is 57.7 Å². The van der Waals surface area contributed by atoms with Crippen molar-refractivity contribution < 1.29 is 9.53 Å². The van der Waals surface area contributed by atoms with Gasteiger partial charge >= 0.3 is 0 Å². The van der Waals surface area contributed by atoms with Crippen molar-refractivity contribution in [2.75, 3.05) is 30.9 Å². The zero-order chi connectivity index (χ0) is 20.8. The second-order valence-electron chi connectivity index (χ2n) is 7.72. The van der Waals surface area contributed by atoms with E-state index in [2.05, 4.69) is 20.6 Å². The molecule has 1 aromatic heterocycles. The first-order valence-corrected chi connectivity index (χ1v) is 10.3. The van der Waals surface area contributed by atoms with Crippen LogP contribution in [0.4, 0.5) is 11.8 Å². The number of anilines is 2. The smallest absolute Gasteiger partial charge is 0.251 e. The average Bonchev–Trinajstić information content (AvgIpc) is 2.71. The van der Waals surface area contributed by atoms with Crippen molar-refractivity contribution >= 4 is 17.7 Å². The number of amides is 1. The summed E-state index contributed by atoms with van der Waals surface area (Å²) in [6.45, 7) is 4.54. The SMILES string of the molecule is CCOc1cccc(C(=O)N[C@H]2CC[C@@H](Nc3nc(N(C)C)ncc3C)CC2)c1. The van der Waals surface area contributed by atoms with Gasteiger partial charge in [-0.3, -0.25) is 4.79 Å². The highest BCUT2D eigenvalue weighted by Gasteiger charge is 2.23. The number of rotatable bonds is 7. The quantitative estimate of drug-likeness (QED) is 0.745. The van der Waals surface area contributed by atoms with Crippen molar-refractivity contribution in [2.45, 2.75) is 51.6 Å². The van der Waals surface area contributed by atoms with Crippen molar-refractivity contribution in [1.82, 2.24) is 15.3 Å². The highest BCUT2D eigenvalue weighted by Crippen LogP contribution is 2.24. The second kappa shape index (κ2) is 9.58. The molecule has 156 valence electrons. The molecule has 7 heteroatoms. The number of aryl methyl sites for hydroxylation is 1. The standard InChI is InChI=1S/C22H31N5O2/c1-5-29-19-8-6-7-16(13-19)21(28)25-18-11-9-17(10-12-18)24-20-15(2)14-23-22(26-20)27(3)4/h6-8,13-14,17-18H,5,9-12H2,1-4H3,(H,25,28)(H,23,24,26)/t17-,18+. The van der Waals surface area contributed by atoms with E-state index in [0.717, 1.165) is 42.8 Å². The molecule has 29 heavy (non-hydrogen) atoms. The molecule has 1 fully saturated rings. The third kappa shape index (κ3) is 5.59. The van der Waals surface area contributed by atoms with Crippen LogP contribution in [0.5, 0.6) is 5.75 Å². The lowest BCUT2D eigenvalue weighted by Gasteiger charge is -2.30. The lowest BCUT2D eigenvalue weighted by Crippen LogP contribution is -2.40. The molecule has 0 atom stereocenters. The van der Waals surface area contributed by atoms with E-state index in [1.54, 1.807) is 6.07 Å². The average molecular weight is 398 g/mol. The third-order valence-corrected chi connectivity index (χ3v) is 5.17. The minimum atomic E-state index is -0.0368. The molecular weight excluding hydrogens is 366 g/mol. The Bertz CT molecular complexity index is 832. The van der Waals surface area contributed by atoms with Gasteiger partial charge in [0, 0.05) is 43.5 Å². The van der Waals surface area contributed by atoms with Crippen LogP contribution in [0.25, 0.3) is 0 Å². The van der Waals surface area contributed by atoms with Crippen LogP contribution < -0.4 is 20.3 Å². The summed E-state index contributed by atoms with van der Waals surface area (Å²) in [6.07, 6.45) is 5.72. The molecule has 1 heterocycles. The van der Waals surface area contributed by atoms with E-state index in [1.165, 1.54) is 0 Å². The zero-order valence-corrected chi connectivity index (χ0v) is 17.7. The van der Waals surface area contributed by atoms with Gasteiger partial charge in [0.25, 0.3) is 5.91 Å². The summed E-state index contributed by atoms with van der Waals surface area (Å²) in [5, 5.41) is 6.73. The molecule has 1 saturated carbocycles. The van der Waals surface area contributed by atoms with E-state index >= 15 is 0 Å². The highest BCUT2D eigenvalue weighted by atomic mass is 16.5. The molecule has 1 aromatic carbocycles. The number of hydrogen-bond acceptors (Lipinski definition) is 6. The number of nitrogens with zero attached hydrogens (tertiary/aromatic N) is 3. The fraction of sp³-hybridized carbons (Fsp3) is 0.500. The van der Waals surface area contributed by atoms with E-state index in [0.29, 0.717) is 24.2 Å². The van der Waals surface area contributed by atoms with E-state index in [1.807, 2.05) is 57.2 Å².